The highest BCUT2D eigenvalue weighted by molar-refractivity contribution is 7.89. The normalized spacial score (nSPS) is 11.4. The Labute approximate surface area is 163 Å². The maximum absolute atomic E-state index is 12.4. The van der Waals surface area contributed by atoms with Crippen LogP contribution >= 0.6 is 11.6 Å². The van der Waals surface area contributed by atoms with E-state index in [1.165, 1.54) is 0 Å². The minimum Gasteiger partial charge on any atom is -0.461 e. The molecular formula is C20H18ClNO4S. The van der Waals surface area contributed by atoms with E-state index in [1.54, 1.807) is 42.5 Å². The Balaban J connectivity index is 1.52. The van der Waals surface area contributed by atoms with Gasteiger partial charge in [-0.2, -0.15) is 0 Å². The molecule has 0 fully saturated rings. The summed E-state index contributed by atoms with van der Waals surface area (Å²) in [6.45, 7) is 0.0854. The monoisotopic (exact) mass is 403 g/mol. The Morgan fingerprint density at radius 1 is 0.963 bits per heavy atom. The molecule has 3 aromatic carbocycles. The van der Waals surface area contributed by atoms with Crippen molar-refractivity contribution in [2.75, 3.05) is 6.54 Å². The molecule has 0 amide bonds. The van der Waals surface area contributed by atoms with Gasteiger partial charge in [-0.3, -0.25) is 4.79 Å². The van der Waals surface area contributed by atoms with E-state index in [2.05, 4.69) is 4.72 Å². The number of nitrogens with one attached hydrogen (secondary N) is 1. The Morgan fingerprint density at radius 3 is 2.41 bits per heavy atom. The van der Waals surface area contributed by atoms with Gasteiger partial charge in [-0.15, -0.1) is 0 Å². The molecule has 0 aliphatic heterocycles. The first-order chi connectivity index (χ1) is 12.9. The van der Waals surface area contributed by atoms with Crippen LogP contribution in [0.2, 0.25) is 5.02 Å². The van der Waals surface area contributed by atoms with Crippen molar-refractivity contribution in [1.29, 1.82) is 0 Å². The number of esters is 1. The Hall–Kier alpha value is -2.41. The minimum atomic E-state index is -3.69. The average Bonchev–Trinajstić information content (AvgIpc) is 2.67. The lowest BCUT2D eigenvalue weighted by Crippen LogP contribution is -2.26. The lowest BCUT2D eigenvalue weighted by molar-refractivity contribution is -0.144. The zero-order chi connectivity index (χ0) is 19.3. The Bertz CT molecular complexity index is 1050. The first-order valence-corrected chi connectivity index (χ1v) is 10.2. The lowest BCUT2D eigenvalue weighted by atomic mass is 10.1. The second-order valence-electron chi connectivity index (χ2n) is 5.94. The average molecular weight is 404 g/mol. The number of carbonyl (C=O) groups excluding carboxylic acids is 1. The molecule has 3 rings (SSSR count). The van der Waals surface area contributed by atoms with Crippen molar-refractivity contribution in [1.82, 2.24) is 4.72 Å². The molecule has 0 aliphatic carbocycles. The van der Waals surface area contributed by atoms with Crippen molar-refractivity contribution in [3.63, 3.8) is 0 Å². The summed E-state index contributed by atoms with van der Waals surface area (Å²) in [6, 6.07) is 19.4. The molecule has 0 heterocycles. The summed E-state index contributed by atoms with van der Waals surface area (Å²) in [5.41, 5.74) is 0.810. The molecule has 0 atom stereocenters. The van der Waals surface area contributed by atoms with Crippen LogP contribution in [0, 0.1) is 0 Å². The molecule has 3 aromatic rings. The van der Waals surface area contributed by atoms with Crippen LogP contribution in [0.5, 0.6) is 0 Å². The Morgan fingerprint density at radius 2 is 1.67 bits per heavy atom. The van der Waals surface area contributed by atoms with E-state index in [9.17, 15) is 13.2 Å². The van der Waals surface area contributed by atoms with E-state index in [0.29, 0.717) is 5.02 Å². The molecule has 5 nitrogen and oxygen atoms in total. The predicted molar refractivity (Wildman–Crippen MR) is 105 cm³/mol. The highest BCUT2D eigenvalue weighted by Crippen LogP contribution is 2.18. The number of sulfonamides is 1. The molecule has 1 N–H and O–H groups in total. The van der Waals surface area contributed by atoms with Crippen LogP contribution in [0.4, 0.5) is 0 Å². The van der Waals surface area contributed by atoms with E-state index >= 15 is 0 Å². The summed E-state index contributed by atoms with van der Waals surface area (Å²) in [5, 5.41) is 2.40. The van der Waals surface area contributed by atoms with Crippen LogP contribution in [-0.4, -0.2) is 20.9 Å². The van der Waals surface area contributed by atoms with Gasteiger partial charge in [0.05, 0.1) is 11.3 Å². The quantitative estimate of drug-likeness (QED) is 0.607. The Kier molecular flexibility index (Phi) is 6.11. The fraction of sp³-hybridized carbons (Fsp3) is 0.150. The number of halogens is 1. The SMILES string of the molecule is O=C(CCNS(=O)(=O)c1ccc2ccccc2c1)OCc1ccc(Cl)cc1. The van der Waals surface area contributed by atoms with E-state index in [4.69, 9.17) is 16.3 Å². The summed E-state index contributed by atoms with van der Waals surface area (Å²) < 4.78 is 32.3. The zero-order valence-corrected chi connectivity index (χ0v) is 16.0. The third-order valence-electron chi connectivity index (χ3n) is 3.97. The highest BCUT2D eigenvalue weighted by Gasteiger charge is 2.15. The van der Waals surface area contributed by atoms with Crippen LogP contribution < -0.4 is 4.72 Å². The number of carbonyl (C=O) groups is 1. The standard InChI is InChI=1S/C20H18ClNO4S/c21-18-8-5-15(6-9-18)14-26-20(23)11-12-22-27(24,25)19-10-7-16-3-1-2-4-17(16)13-19/h1-10,13,22H,11-12,14H2. The summed E-state index contributed by atoms with van der Waals surface area (Å²) in [4.78, 5) is 12.0. The second-order valence-corrected chi connectivity index (χ2v) is 8.15. The molecule has 0 aromatic heterocycles. The van der Waals surface area contributed by atoms with Crippen LogP contribution in [0.3, 0.4) is 0 Å². The van der Waals surface area contributed by atoms with Crippen molar-refractivity contribution in [2.45, 2.75) is 17.9 Å². The minimum absolute atomic E-state index is 0.0331. The number of hydrogen-bond acceptors (Lipinski definition) is 4. The fourth-order valence-corrected chi connectivity index (χ4v) is 3.71. The smallest absolute Gasteiger partial charge is 0.307 e. The van der Waals surface area contributed by atoms with Gasteiger partial charge in [0.25, 0.3) is 0 Å². The number of hydrogen-bond donors (Lipinski definition) is 1. The van der Waals surface area contributed by atoms with E-state index in [1.807, 2.05) is 24.3 Å². The molecule has 0 saturated heterocycles. The third kappa shape index (κ3) is 5.29. The van der Waals surface area contributed by atoms with E-state index < -0.39 is 16.0 Å². The first-order valence-electron chi connectivity index (χ1n) is 8.32. The third-order valence-corrected chi connectivity index (χ3v) is 5.68. The summed E-state index contributed by atoms with van der Waals surface area (Å²) >= 11 is 5.80. The molecule has 140 valence electrons. The van der Waals surface area contributed by atoms with E-state index in [0.717, 1.165) is 16.3 Å². The van der Waals surface area contributed by atoms with Crippen molar-refractivity contribution in [2.24, 2.45) is 0 Å². The fourth-order valence-electron chi connectivity index (χ4n) is 2.52. The largest absolute Gasteiger partial charge is 0.461 e. The van der Waals surface area contributed by atoms with Gasteiger partial charge in [-0.1, -0.05) is 54.1 Å². The van der Waals surface area contributed by atoms with Crippen molar-refractivity contribution < 1.29 is 17.9 Å². The first kappa shape index (κ1) is 19.4. The molecule has 0 aliphatic rings. The van der Waals surface area contributed by atoms with E-state index in [-0.39, 0.29) is 24.5 Å². The number of ether oxygens (including phenoxy) is 1. The lowest BCUT2D eigenvalue weighted by Gasteiger charge is -2.08. The molecule has 27 heavy (non-hydrogen) atoms. The van der Waals surface area contributed by atoms with Gasteiger partial charge in [-0.25, -0.2) is 13.1 Å². The maximum atomic E-state index is 12.4. The van der Waals surface area contributed by atoms with Gasteiger partial charge in [0.1, 0.15) is 6.61 Å². The predicted octanol–water partition coefficient (Wildman–Crippen LogP) is 3.91. The molecule has 0 saturated carbocycles. The second kappa shape index (κ2) is 8.52. The summed E-state index contributed by atoms with van der Waals surface area (Å²) in [6.07, 6.45) is -0.0552. The molecule has 7 heteroatoms. The van der Waals surface area contributed by atoms with Gasteiger partial charge in [0, 0.05) is 11.6 Å². The summed E-state index contributed by atoms with van der Waals surface area (Å²) in [7, 11) is -3.69. The van der Waals surface area contributed by atoms with Crippen LogP contribution in [0.1, 0.15) is 12.0 Å². The molecular weight excluding hydrogens is 386 g/mol. The zero-order valence-electron chi connectivity index (χ0n) is 14.4. The van der Waals surface area contributed by atoms with Crippen LogP contribution in [0.15, 0.2) is 71.6 Å². The molecule has 0 radical (unpaired) electrons. The number of benzene rings is 3. The number of rotatable bonds is 7. The molecule has 0 bridgehead atoms. The van der Waals surface area contributed by atoms with Gasteiger partial charge in [0.15, 0.2) is 0 Å². The van der Waals surface area contributed by atoms with Gasteiger partial charge >= 0.3 is 5.97 Å². The molecule has 0 spiro atoms. The highest BCUT2D eigenvalue weighted by atomic mass is 35.5. The van der Waals surface area contributed by atoms with Crippen molar-refractivity contribution in [3.8, 4) is 0 Å². The van der Waals surface area contributed by atoms with Crippen LogP contribution in [0.25, 0.3) is 10.8 Å². The van der Waals surface area contributed by atoms with Gasteiger partial charge in [-0.05, 0) is 40.6 Å². The topological polar surface area (TPSA) is 72.5 Å². The molecule has 0 unspecified atom stereocenters. The maximum Gasteiger partial charge on any atom is 0.307 e. The van der Waals surface area contributed by atoms with Crippen LogP contribution in [-0.2, 0) is 26.2 Å². The van der Waals surface area contributed by atoms with Gasteiger partial charge < -0.3 is 4.74 Å². The van der Waals surface area contributed by atoms with Crippen molar-refractivity contribution >= 4 is 38.4 Å². The van der Waals surface area contributed by atoms with Crippen molar-refractivity contribution in [3.05, 3.63) is 77.3 Å². The van der Waals surface area contributed by atoms with Gasteiger partial charge in [0.2, 0.25) is 10.0 Å². The number of fused-ring (bicyclic) bond motifs is 1. The summed E-state index contributed by atoms with van der Waals surface area (Å²) in [5.74, 6) is -0.480.